The summed E-state index contributed by atoms with van der Waals surface area (Å²) in [6.07, 6.45) is 2.48. The predicted octanol–water partition coefficient (Wildman–Crippen LogP) is 2.57. The molecular formula is C14H14N2O2. The number of carboxylic acids is 1. The average Bonchev–Trinajstić information content (AvgIpc) is 3.02. The minimum absolute atomic E-state index is 0.0558. The van der Waals surface area contributed by atoms with Gasteiger partial charge in [-0.1, -0.05) is 24.3 Å². The Morgan fingerprint density at radius 3 is 2.89 bits per heavy atom. The van der Waals surface area contributed by atoms with Crippen LogP contribution in [0.25, 0.3) is 11.3 Å². The molecule has 92 valence electrons. The number of aromatic amines is 1. The highest BCUT2D eigenvalue weighted by molar-refractivity contribution is 5.75. The number of hydrogen-bond acceptors (Lipinski definition) is 2. The van der Waals surface area contributed by atoms with Gasteiger partial charge in [0.05, 0.1) is 17.8 Å². The molecule has 1 aromatic carbocycles. The second-order valence-electron chi connectivity index (χ2n) is 4.78. The Morgan fingerprint density at radius 2 is 2.22 bits per heavy atom. The van der Waals surface area contributed by atoms with Crippen molar-refractivity contribution in [3.63, 3.8) is 0 Å². The SMILES string of the molecule is Cc1ccccc1-c1cnc(C2CC2C(=O)O)[nH]1. The Bertz CT molecular complexity index is 603. The molecule has 1 aromatic heterocycles. The molecule has 1 heterocycles. The predicted molar refractivity (Wildman–Crippen MR) is 67.2 cm³/mol. The van der Waals surface area contributed by atoms with E-state index in [1.807, 2.05) is 31.2 Å². The first kappa shape index (κ1) is 11.0. The van der Waals surface area contributed by atoms with E-state index in [0.29, 0.717) is 6.42 Å². The van der Waals surface area contributed by atoms with E-state index in [1.54, 1.807) is 6.20 Å². The number of rotatable bonds is 3. The summed E-state index contributed by atoms with van der Waals surface area (Å²) in [7, 11) is 0. The Kier molecular flexibility index (Phi) is 2.44. The van der Waals surface area contributed by atoms with Crippen LogP contribution in [0, 0.1) is 12.8 Å². The van der Waals surface area contributed by atoms with Crippen LogP contribution in [0.4, 0.5) is 0 Å². The molecular weight excluding hydrogens is 228 g/mol. The smallest absolute Gasteiger partial charge is 0.307 e. The first-order chi connectivity index (χ1) is 8.66. The molecule has 0 amide bonds. The maximum atomic E-state index is 10.8. The lowest BCUT2D eigenvalue weighted by Gasteiger charge is -2.01. The van der Waals surface area contributed by atoms with E-state index in [4.69, 9.17) is 5.11 Å². The molecule has 0 radical (unpaired) electrons. The van der Waals surface area contributed by atoms with E-state index >= 15 is 0 Å². The molecule has 4 heteroatoms. The molecule has 4 nitrogen and oxygen atoms in total. The maximum absolute atomic E-state index is 10.8. The molecule has 2 aromatic rings. The van der Waals surface area contributed by atoms with Gasteiger partial charge in [-0.25, -0.2) is 4.98 Å². The van der Waals surface area contributed by atoms with Crippen LogP contribution in [0.1, 0.15) is 23.7 Å². The average molecular weight is 242 g/mol. The Labute approximate surface area is 105 Å². The van der Waals surface area contributed by atoms with Crippen LogP contribution in [0.5, 0.6) is 0 Å². The fourth-order valence-corrected chi connectivity index (χ4v) is 2.31. The molecule has 0 aliphatic heterocycles. The maximum Gasteiger partial charge on any atom is 0.307 e. The summed E-state index contributed by atoms with van der Waals surface area (Å²) in [5.41, 5.74) is 3.25. The number of H-pyrrole nitrogens is 1. The number of nitrogens with zero attached hydrogens (tertiary/aromatic N) is 1. The summed E-state index contributed by atoms with van der Waals surface area (Å²) in [6.45, 7) is 2.05. The van der Waals surface area contributed by atoms with Crippen molar-refractivity contribution in [2.75, 3.05) is 0 Å². The third kappa shape index (κ3) is 1.79. The monoisotopic (exact) mass is 242 g/mol. The fraction of sp³-hybridized carbons (Fsp3) is 0.286. The number of nitrogens with one attached hydrogen (secondary N) is 1. The number of aliphatic carboxylic acids is 1. The van der Waals surface area contributed by atoms with Crippen LogP contribution >= 0.6 is 0 Å². The van der Waals surface area contributed by atoms with Crippen molar-refractivity contribution in [3.8, 4) is 11.3 Å². The molecule has 0 bridgehead atoms. The van der Waals surface area contributed by atoms with Gasteiger partial charge in [-0.05, 0) is 18.9 Å². The van der Waals surface area contributed by atoms with E-state index in [1.165, 1.54) is 5.56 Å². The summed E-state index contributed by atoms with van der Waals surface area (Å²) in [5.74, 6) is -0.143. The molecule has 1 aliphatic carbocycles. The van der Waals surface area contributed by atoms with Crippen LogP contribution in [0.2, 0.25) is 0 Å². The molecule has 0 spiro atoms. The summed E-state index contributed by atoms with van der Waals surface area (Å²) in [6, 6.07) is 8.07. The van der Waals surface area contributed by atoms with Gasteiger partial charge in [-0.15, -0.1) is 0 Å². The molecule has 18 heavy (non-hydrogen) atoms. The third-order valence-corrected chi connectivity index (χ3v) is 3.49. The minimum atomic E-state index is -0.728. The van der Waals surface area contributed by atoms with E-state index < -0.39 is 5.97 Å². The van der Waals surface area contributed by atoms with Crippen LogP contribution in [0.3, 0.4) is 0 Å². The van der Waals surface area contributed by atoms with E-state index in [9.17, 15) is 4.79 Å². The van der Waals surface area contributed by atoms with Gasteiger partial charge >= 0.3 is 5.97 Å². The summed E-state index contributed by atoms with van der Waals surface area (Å²) < 4.78 is 0. The molecule has 2 N–H and O–H groups in total. The lowest BCUT2D eigenvalue weighted by molar-refractivity contribution is -0.138. The van der Waals surface area contributed by atoms with E-state index in [2.05, 4.69) is 9.97 Å². The highest BCUT2D eigenvalue weighted by atomic mass is 16.4. The van der Waals surface area contributed by atoms with Gasteiger partial charge in [0.15, 0.2) is 0 Å². The second-order valence-corrected chi connectivity index (χ2v) is 4.78. The zero-order valence-corrected chi connectivity index (χ0v) is 10.1. The highest BCUT2D eigenvalue weighted by Crippen LogP contribution is 2.46. The number of benzene rings is 1. The third-order valence-electron chi connectivity index (χ3n) is 3.49. The van der Waals surface area contributed by atoms with Gasteiger partial charge in [-0.2, -0.15) is 0 Å². The number of aromatic nitrogens is 2. The minimum Gasteiger partial charge on any atom is -0.481 e. The topological polar surface area (TPSA) is 66.0 Å². The van der Waals surface area contributed by atoms with Crippen molar-refractivity contribution in [3.05, 3.63) is 41.9 Å². The zero-order chi connectivity index (χ0) is 12.7. The van der Waals surface area contributed by atoms with Crippen molar-refractivity contribution in [2.45, 2.75) is 19.3 Å². The Balaban J connectivity index is 1.87. The summed E-state index contributed by atoms with van der Waals surface area (Å²) in [4.78, 5) is 18.4. The van der Waals surface area contributed by atoms with Crippen LogP contribution < -0.4 is 0 Å². The van der Waals surface area contributed by atoms with Crippen LogP contribution in [-0.2, 0) is 4.79 Å². The second kappa shape index (κ2) is 3.98. The van der Waals surface area contributed by atoms with Crippen molar-refractivity contribution < 1.29 is 9.90 Å². The van der Waals surface area contributed by atoms with Crippen molar-refractivity contribution >= 4 is 5.97 Å². The van der Waals surface area contributed by atoms with Gasteiger partial charge in [-0.3, -0.25) is 4.79 Å². The lowest BCUT2D eigenvalue weighted by Crippen LogP contribution is -1.99. The van der Waals surface area contributed by atoms with Gasteiger partial charge < -0.3 is 10.1 Å². The Morgan fingerprint density at radius 1 is 1.44 bits per heavy atom. The number of carboxylic acid groups (broad SMARTS) is 1. The summed E-state index contributed by atoms with van der Waals surface area (Å²) in [5, 5.41) is 8.91. The van der Waals surface area contributed by atoms with E-state index in [-0.39, 0.29) is 11.8 Å². The number of aryl methyl sites for hydroxylation is 1. The molecule has 3 rings (SSSR count). The van der Waals surface area contributed by atoms with Crippen LogP contribution in [0.15, 0.2) is 30.5 Å². The normalized spacial score (nSPS) is 21.8. The largest absolute Gasteiger partial charge is 0.481 e. The van der Waals surface area contributed by atoms with Crippen molar-refractivity contribution in [1.29, 1.82) is 0 Å². The molecule has 0 saturated heterocycles. The van der Waals surface area contributed by atoms with Crippen molar-refractivity contribution in [1.82, 2.24) is 9.97 Å². The molecule has 1 aliphatic rings. The standard InChI is InChI=1S/C14H14N2O2/c1-8-4-2-3-5-9(8)12-7-15-13(16-12)10-6-11(10)14(17)18/h2-5,7,10-11H,6H2,1H3,(H,15,16)(H,17,18). The fourth-order valence-electron chi connectivity index (χ4n) is 2.31. The lowest BCUT2D eigenvalue weighted by atomic mass is 10.1. The molecule has 2 unspecified atom stereocenters. The van der Waals surface area contributed by atoms with Gasteiger partial charge in [0.25, 0.3) is 0 Å². The number of hydrogen-bond donors (Lipinski definition) is 2. The first-order valence-corrected chi connectivity index (χ1v) is 6.00. The van der Waals surface area contributed by atoms with Gasteiger partial charge in [0, 0.05) is 11.5 Å². The molecule has 1 fully saturated rings. The highest BCUT2D eigenvalue weighted by Gasteiger charge is 2.46. The summed E-state index contributed by atoms with van der Waals surface area (Å²) >= 11 is 0. The molecule has 1 saturated carbocycles. The zero-order valence-electron chi connectivity index (χ0n) is 10.1. The quantitative estimate of drug-likeness (QED) is 0.869. The Hall–Kier alpha value is -2.10. The van der Waals surface area contributed by atoms with Crippen LogP contribution in [-0.4, -0.2) is 21.0 Å². The van der Waals surface area contributed by atoms with Crippen molar-refractivity contribution in [2.24, 2.45) is 5.92 Å². The first-order valence-electron chi connectivity index (χ1n) is 6.00. The molecule has 2 atom stereocenters. The van der Waals surface area contributed by atoms with Gasteiger partial charge in [0.2, 0.25) is 0 Å². The number of carbonyl (C=O) groups is 1. The van der Waals surface area contributed by atoms with Gasteiger partial charge in [0.1, 0.15) is 5.82 Å². The van der Waals surface area contributed by atoms with E-state index in [0.717, 1.165) is 17.1 Å². The number of imidazole rings is 1.